The van der Waals surface area contributed by atoms with Gasteiger partial charge in [0.15, 0.2) is 0 Å². The average molecular weight is 321 g/mol. The number of thiophene rings is 1. The molecule has 2 aromatic heterocycles. The van der Waals surface area contributed by atoms with Gasteiger partial charge < -0.3 is 5.11 Å². The summed E-state index contributed by atoms with van der Waals surface area (Å²) in [4.78, 5) is 0.878. The Hall–Kier alpha value is -1.36. The highest BCUT2D eigenvalue weighted by molar-refractivity contribution is 7.19. The summed E-state index contributed by atoms with van der Waals surface area (Å²) in [6.45, 7) is 4.60. The molecule has 1 unspecified atom stereocenters. The number of fused-ring (bicyclic) bond motifs is 1. The van der Waals surface area contributed by atoms with Crippen molar-refractivity contribution in [3.63, 3.8) is 0 Å². The van der Waals surface area contributed by atoms with Gasteiger partial charge in [0.2, 0.25) is 0 Å². The maximum absolute atomic E-state index is 11.1. The average Bonchev–Trinajstić information content (AvgIpc) is 3.03. The molecular formula is C16H17ClN2OS. The van der Waals surface area contributed by atoms with Crippen molar-refractivity contribution in [2.45, 2.75) is 32.4 Å². The predicted molar refractivity (Wildman–Crippen MR) is 88.0 cm³/mol. The molecule has 0 fully saturated rings. The molecule has 3 rings (SSSR count). The maximum Gasteiger partial charge on any atom is 0.139 e. The molecule has 1 N–H and O–H groups in total. The number of hydrogen-bond acceptors (Lipinski definition) is 3. The Balaban J connectivity index is 2.13. The third kappa shape index (κ3) is 2.48. The minimum absolute atomic E-state index is 0.505. The molecule has 0 spiro atoms. The molecule has 3 aromatic rings. The number of rotatable bonds is 4. The summed E-state index contributed by atoms with van der Waals surface area (Å²) in [7, 11) is 0. The van der Waals surface area contributed by atoms with Gasteiger partial charge in [-0.2, -0.15) is 5.10 Å². The highest BCUT2D eigenvalue weighted by Crippen LogP contribution is 2.39. The second-order valence-electron chi connectivity index (χ2n) is 5.28. The lowest BCUT2D eigenvalue weighted by atomic mass is 9.99. The van der Waals surface area contributed by atoms with Crippen molar-refractivity contribution >= 4 is 33.0 Å². The van der Waals surface area contributed by atoms with Crippen molar-refractivity contribution in [1.82, 2.24) is 9.78 Å². The highest BCUT2D eigenvalue weighted by Gasteiger charge is 2.33. The molecule has 0 amide bonds. The van der Waals surface area contributed by atoms with Crippen LogP contribution in [0.5, 0.6) is 0 Å². The van der Waals surface area contributed by atoms with Gasteiger partial charge in [-0.05, 0) is 30.9 Å². The van der Waals surface area contributed by atoms with Crippen LogP contribution in [0.3, 0.4) is 0 Å². The van der Waals surface area contributed by atoms with Crippen LogP contribution >= 0.6 is 22.9 Å². The van der Waals surface area contributed by atoms with Crippen LogP contribution in [-0.2, 0) is 12.1 Å². The van der Waals surface area contributed by atoms with Gasteiger partial charge in [0.25, 0.3) is 0 Å². The molecule has 0 aliphatic rings. The first-order chi connectivity index (χ1) is 10.0. The number of nitrogens with zero attached hydrogens (tertiary/aromatic N) is 2. The minimum atomic E-state index is -1.15. The SMILES string of the molecule is CCCn1ncc(Cl)c1C(C)(O)c1cc2ccccc2s1. The van der Waals surface area contributed by atoms with E-state index in [-0.39, 0.29) is 0 Å². The summed E-state index contributed by atoms with van der Waals surface area (Å²) in [5.41, 5.74) is -0.482. The summed E-state index contributed by atoms with van der Waals surface area (Å²) in [5.74, 6) is 0. The van der Waals surface area contributed by atoms with E-state index in [4.69, 9.17) is 11.6 Å². The number of aryl methyl sites for hydroxylation is 1. The van der Waals surface area contributed by atoms with E-state index < -0.39 is 5.60 Å². The first-order valence-electron chi connectivity index (χ1n) is 6.97. The summed E-state index contributed by atoms with van der Waals surface area (Å²) < 4.78 is 2.96. The molecule has 3 nitrogen and oxygen atoms in total. The van der Waals surface area contributed by atoms with Gasteiger partial charge in [0.05, 0.1) is 16.9 Å². The summed E-state index contributed by atoms with van der Waals surface area (Å²) >= 11 is 7.86. The van der Waals surface area contributed by atoms with Crippen LogP contribution < -0.4 is 0 Å². The van der Waals surface area contributed by atoms with Crippen LogP contribution in [0.2, 0.25) is 5.02 Å². The molecule has 2 heterocycles. The predicted octanol–water partition coefficient (Wildman–Crippen LogP) is 4.42. The molecule has 21 heavy (non-hydrogen) atoms. The molecule has 1 aromatic carbocycles. The van der Waals surface area contributed by atoms with E-state index in [0.29, 0.717) is 10.7 Å². The van der Waals surface area contributed by atoms with Crippen LogP contribution in [0.4, 0.5) is 0 Å². The Morgan fingerprint density at radius 3 is 2.86 bits per heavy atom. The third-order valence-corrected chi connectivity index (χ3v) is 5.20. The molecular weight excluding hydrogens is 304 g/mol. The van der Waals surface area contributed by atoms with Crippen LogP contribution in [0.1, 0.15) is 30.8 Å². The van der Waals surface area contributed by atoms with Crippen LogP contribution in [0.15, 0.2) is 36.5 Å². The van der Waals surface area contributed by atoms with Gasteiger partial charge in [-0.1, -0.05) is 36.7 Å². The molecule has 0 aliphatic carbocycles. The zero-order chi connectivity index (χ0) is 15.0. The fourth-order valence-electron chi connectivity index (χ4n) is 2.57. The normalized spacial score (nSPS) is 14.5. The van der Waals surface area contributed by atoms with Gasteiger partial charge in [0, 0.05) is 16.1 Å². The van der Waals surface area contributed by atoms with Gasteiger partial charge in [0.1, 0.15) is 5.60 Å². The number of benzene rings is 1. The van der Waals surface area contributed by atoms with Gasteiger partial charge >= 0.3 is 0 Å². The van der Waals surface area contributed by atoms with Crippen molar-refractivity contribution in [3.05, 3.63) is 52.1 Å². The molecule has 1 atom stereocenters. The van der Waals surface area contributed by atoms with Gasteiger partial charge in [-0.3, -0.25) is 4.68 Å². The Morgan fingerprint density at radius 1 is 1.38 bits per heavy atom. The lowest BCUT2D eigenvalue weighted by Crippen LogP contribution is -2.26. The largest absolute Gasteiger partial charge is 0.378 e. The molecule has 0 aliphatic heterocycles. The second-order valence-corrected chi connectivity index (χ2v) is 6.78. The first kappa shape index (κ1) is 14.6. The fraction of sp³-hybridized carbons (Fsp3) is 0.312. The van der Waals surface area contributed by atoms with E-state index in [1.807, 2.05) is 18.2 Å². The van der Waals surface area contributed by atoms with Crippen molar-refractivity contribution in [1.29, 1.82) is 0 Å². The quantitative estimate of drug-likeness (QED) is 0.773. The number of aliphatic hydroxyl groups is 1. The van der Waals surface area contributed by atoms with E-state index in [2.05, 4.69) is 24.2 Å². The van der Waals surface area contributed by atoms with Gasteiger partial charge in [-0.15, -0.1) is 11.3 Å². The number of halogens is 1. The number of hydrogen-bond donors (Lipinski definition) is 1. The Morgan fingerprint density at radius 2 is 2.14 bits per heavy atom. The standard InChI is InChI=1S/C16H17ClN2OS/c1-3-8-19-15(12(17)10-18-19)16(2,20)14-9-11-6-4-5-7-13(11)21-14/h4-7,9-10,20H,3,8H2,1-2H3. The van der Waals surface area contributed by atoms with Crippen LogP contribution in [0.25, 0.3) is 10.1 Å². The van der Waals surface area contributed by atoms with Crippen LogP contribution in [0, 0.1) is 0 Å². The van der Waals surface area contributed by atoms with Crippen molar-refractivity contribution < 1.29 is 5.11 Å². The molecule has 0 saturated heterocycles. The maximum atomic E-state index is 11.1. The molecule has 0 bridgehead atoms. The Labute approximate surface area is 132 Å². The van der Waals surface area contributed by atoms with E-state index in [1.165, 1.54) is 0 Å². The minimum Gasteiger partial charge on any atom is -0.378 e. The van der Waals surface area contributed by atoms with Crippen molar-refractivity contribution in [3.8, 4) is 0 Å². The molecule has 0 radical (unpaired) electrons. The van der Waals surface area contributed by atoms with Crippen molar-refractivity contribution in [2.75, 3.05) is 0 Å². The Bertz CT molecular complexity index is 743. The molecule has 110 valence electrons. The topological polar surface area (TPSA) is 38.0 Å². The first-order valence-corrected chi connectivity index (χ1v) is 8.16. The molecule has 5 heteroatoms. The summed E-state index contributed by atoms with van der Waals surface area (Å²) in [5, 5.41) is 17.0. The monoisotopic (exact) mass is 320 g/mol. The summed E-state index contributed by atoms with van der Waals surface area (Å²) in [6, 6.07) is 10.1. The summed E-state index contributed by atoms with van der Waals surface area (Å²) in [6.07, 6.45) is 2.54. The van der Waals surface area contributed by atoms with Crippen molar-refractivity contribution in [2.24, 2.45) is 0 Å². The second kappa shape index (κ2) is 5.44. The third-order valence-electron chi connectivity index (χ3n) is 3.60. The highest BCUT2D eigenvalue weighted by atomic mass is 35.5. The van der Waals surface area contributed by atoms with E-state index in [0.717, 1.165) is 27.9 Å². The van der Waals surface area contributed by atoms with E-state index in [1.54, 1.807) is 29.1 Å². The smallest absolute Gasteiger partial charge is 0.139 e. The zero-order valence-corrected chi connectivity index (χ0v) is 13.6. The number of aromatic nitrogens is 2. The lowest BCUT2D eigenvalue weighted by molar-refractivity contribution is 0.0954. The fourth-order valence-corrected chi connectivity index (χ4v) is 4.00. The lowest BCUT2D eigenvalue weighted by Gasteiger charge is -2.23. The van der Waals surface area contributed by atoms with Gasteiger partial charge in [-0.25, -0.2) is 0 Å². The Kier molecular flexibility index (Phi) is 3.78. The van der Waals surface area contributed by atoms with Crippen LogP contribution in [-0.4, -0.2) is 14.9 Å². The molecule has 0 saturated carbocycles. The zero-order valence-electron chi connectivity index (χ0n) is 12.0. The van der Waals surface area contributed by atoms with E-state index in [9.17, 15) is 5.11 Å². The van der Waals surface area contributed by atoms with E-state index >= 15 is 0 Å².